The number of anilines is 1. The van der Waals surface area contributed by atoms with Gasteiger partial charge in [-0.3, -0.25) is 9.48 Å². The molecule has 1 amide bonds. The van der Waals surface area contributed by atoms with Gasteiger partial charge in [0.05, 0.1) is 17.9 Å². The van der Waals surface area contributed by atoms with E-state index in [1.54, 1.807) is 22.9 Å². The van der Waals surface area contributed by atoms with E-state index in [0.29, 0.717) is 30.2 Å². The van der Waals surface area contributed by atoms with E-state index >= 15 is 0 Å². The normalized spacial score (nSPS) is 10.7. The van der Waals surface area contributed by atoms with Gasteiger partial charge in [0.2, 0.25) is 0 Å². The number of rotatable bonds is 4. The van der Waals surface area contributed by atoms with Crippen LogP contribution in [0.2, 0.25) is 0 Å². The molecule has 0 aliphatic rings. The molecule has 102 valence electrons. The van der Waals surface area contributed by atoms with Gasteiger partial charge in [-0.25, -0.2) is 0 Å². The van der Waals surface area contributed by atoms with Crippen LogP contribution in [-0.4, -0.2) is 15.7 Å². The predicted molar refractivity (Wildman–Crippen MR) is 80.2 cm³/mol. The highest BCUT2D eigenvalue weighted by Gasteiger charge is 2.19. The molecule has 0 aliphatic carbocycles. The van der Waals surface area contributed by atoms with Gasteiger partial charge in [0.15, 0.2) is 0 Å². The Hall–Kier alpha value is -1.34. The summed E-state index contributed by atoms with van der Waals surface area (Å²) in [5.74, 6) is -0.194. The van der Waals surface area contributed by atoms with E-state index in [9.17, 15) is 4.79 Å². The minimum atomic E-state index is -0.194. The Morgan fingerprint density at radius 2 is 2.37 bits per heavy atom. The second kappa shape index (κ2) is 5.75. The standard InChI is InChI=1S/C12H15BrN4OS/c1-3-17-11(10(14)7(2)16-17)12(18)15-6-9-8(13)4-5-19-9/h4-5H,3,6,14H2,1-2H3,(H,15,18). The summed E-state index contributed by atoms with van der Waals surface area (Å²) in [6.07, 6.45) is 0. The average Bonchev–Trinajstić information content (AvgIpc) is 2.91. The van der Waals surface area contributed by atoms with E-state index < -0.39 is 0 Å². The third-order valence-electron chi connectivity index (χ3n) is 2.79. The third-order valence-corrected chi connectivity index (χ3v) is 4.72. The van der Waals surface area contributed by atoms with Crippen molar-refractivity contribution >= 4 is 38.9 Å². The van der Waals surface area contributed by atoms with Crippen molar-refractivity contribution in [3.05, 3.63) is 32.2 Å². The number of hydrogen-bond acceptors (Lipinski definition) is 4. The van der Waals surface area contributed by atoms with Crippen molar-refractivity contribution in [2.45, 2.75) is 26.9 Å². The number of amides is 1. The number of carbonyl (C=O) groups is 1. The molecule has 2 rings (SSSR count). The van der Waals surface area contributed by atoms with Crippen LogP contribution >= 0.6 is 27.3 Å². The molecule has 0 fully saturated rings. The molecule has 7 heteroatoms. The van der Waals surface area contributed by atoms with Crippen molar-refractivity contribution in [3.8, 4) is 0 Å². The Kier molecular flexibility index (Phi) is 4.26. The number of nitrogen functional groups attached to an aromatic ring is 1. The fraction of sp³-hybridized carbons (Fsp3) is 0.333. The molecular weight excluding hydrogens is 328 g/mol. The average molecular weight is 343 g/mol. The third kappa shape index (κ3) is 2.82. The molecule has 2 aromatic rings. The van der Waals surface area contributed by atoms with Crippen LogP contribution in [0.5, 0.6) is 0 Å². The fourth-order valence-corrected chi connectivity index (χ4v) is 3.19. The van der Waals surface area contributed by atoms with Crippen molar-refractivity contribution in [2.24, 2.45) is 0 Å². The second-order valence-corrected chi connectivity index (χ2v) is 5.89. The molecule has 0 aliphatic heterocycles. The molecule has 3 N–H and O–H groups in total. The molecule has 0 unspecified atom stereocenters. The van der Waals surface area contributed by atoms with Gasteiger partial charge in [0.1, 0.15) is 5.69 Å². The van der Waals surface area contributed by atoms with Crippen LogP contribution in [0.1, 0.15) is 28.0 Å². The first-order valence-corrected chi connectivity index (χ1v) is 7.54. The highest BCUT2D eigenvalue weighted by atomic mass is 79.9. The van der Waals surface area contributed by atoms with Crippen LogP contribution in [0.4, 0.5) is 5.69 Å². The number of halogens is 1. The zero-order valence-corrected chi connectivity index (χ0v) is 13.1. The largest absolute Gasteiger partial charge is 0.395 e. The minimum absolute atomic E-state index is 0.194. The van der Waals surface area contributed by atoms with E-state index in [2.05, 4.69) is 26.3 Å². The van der Waals surface area contributed by atoms with Crippen LogP contribution in [0.15, 0.2) is 15.9 Å². The number of thiophene rings is 1. The maximum absolute atomic E-state index is 12.2. The van der Waals surface area contributed by atoms with Gasteiger partial charge in [-0.05, 0) is 41.2 Å². The SMILES string of the molecule is CCn1nc(C)c(N)c1C(=O)NCc1sccc1Br. The Morgan fingerprint density at radius 1 is 1.63 bits per heavy atom. The molecule has 0 atom stereocenters. The van der Waals surface area contributed by atoms with E-state index in [4.69, 9.17) is 5.73 Å². The molecule has 5 nitrogen and oxygen atoms in total. The molecule has 19 heavy (non-hydrogen) atoms. The summed E-state index contributed by atoms with van der Waals surface area (Å²) in [6, 6.07) is 1.96. The molecule has 0 spiro atoms. The Bertz CT molecular complexity index is 605. The van der Waals surface area contributed by atoms with Crippen LogP contribution in [-0.2, 0) is 13.1 Å². The van der Waals surface area contributed by atoms with Gasteiger partial charge >= 0.3 is 0 Å². The second-order valence-electron chi connectivity index (χ2n) is 4.04. The summed E-state index contributed by atoms with van der Waals surface area (Å²) < 4.78 is 2.63. The Balaban J connectivity index is 2.14. The van der Waals surface area contributed by atoms with Crippen molar-refractivity contribution in [1.82, 2.24) is 15.1 Å². The van der Waals surface area contributed by atoms with Gasteiger partial charge < -0.3 is 11.1 Å². The number of nitrogens with two attached hydrogens (primary N) is 1. The smallest absolute Gasteiger partial charge is 0.272 e. The summed E-state index contributed by atoms with van der Waals surface area (Å²) in [6.45, 7) is 4.82. The Morgan fingerprint density at radius 3 is 2.95 bits per heavy atom. The van der Waals surface area contributed by atoms with Gasteiger partial charge in [-0.2, -0.15) is 5.10 Å². The molecular formula is C12H15BrN4OS. The van der Waals surface area contributed by atoms with E-state index in [1.807, 2.05) is 18.4 Å². The molecule has 2 aromatic heterocycles. The van der Waals surface area contributed by atoms with Crippen LogP contribution in [0.25, 0.3) is 0 Å². The lowest BCUT2D eigenvalue weighted by Gasteiger charge is -2.07. The van der Waals surface area contributed by atoms with Crippen LogP contribution in [0, 0.1) is 6.92 Å². The lowest BCUT2D eigenvalue weighted by Crippen LogP contribution is -2.26. The summed E-state index contributed by atoms with van der Waals surface area (Å²) >= 11 is 5.03. The highest BCUT2D eigenvalue weighted by Crippen LogP contribution is 2.22. The summed E-state index contributed by atoms with van der Waals surface area (Å²) in [5, 5.41) is 9.08. The first-order chi connectivity index (χ1) is 9.04. The number of nitrogens with zero attached hydrogens (tertiary/aromatic N) is 2. The topological polar surface area (TPSA) is 72.9 Å². The summed E-state index contributed by atoms with van der Waals surface area (Å²) in [4.78, 5) is 13.3. The monoisotopic (exact) mass is 342 g/mol. The zero-order chi connectivity index (χ0) is 14.0. The van der Waals surface area contributed by atoms with Crippen molar-refractivity contribution < 1.29 is 4.79 Å². The lowest BCUT2D eigenvalue weighted by molar-refractivity contribution is 0.0941. The summed E-state index contributed by atoms with van der Waals surface area (Å²) in [7, 11) is 0. The molecule has 0 bridgehead atoms. The number of aryl methyl sites for hydroxylation is 2. The van der Waals surface area contributed by atoms with E-state index in [1.165, 1.54) is 0 Å². The number of nitrogens with one attached hydrogen (secondary N) is 1. The van der Waals surface area contributed by atoms with Crippen LogP contribution < -0.4 is 11.1 Å². The number of carbonyl (C=O) groups excluding carboxylic acids is 1. The van der Waals surface area contributed by atoms with Gasteiger partial charge in [-0.15, -0.1) is 11.3 Å². The molecule has 0 radical (unpaired) electrons. The maximum atomic E-state index is 12.2. The molecule has 0 saturated carbocycles. The van der Waals surface area contributed by atoms with E-state index in [-0.39, 0.29) is 5.91 Å². The highest BCUT2D eigenvalue weighted by molar-refractivity contribution is 9.10. The Labute approximate surface area is 123 Å². The molecule has 0 aromatic carbocycles. The van der Waals surface area contributed by atoms with Crippen molar-refractivity contribution in [1.29, 1.82) is 0 Å². The lowest BCUT2D eigenvalue weighted by atomic mass is 10.3. The fourth-order valence-electron chi connectivity index (χ4n) is 1.76. The predicted octanol–water partition coefficient (Wildman–Crippen LogP) is 2.55. The first kappa shape index (κ1) is 14.1. The van der Waals surface area contributed by atoms with Crippen molar-refractivity contribution in [2.75, 3.05) is 5.73 Å². The van der Waals surface area contributed by atoms with Gasteiger partial charge in [0.25, 0.3) is 5.91 Å². The minimum Gasteiger partial charge on any atom is -0.395 e. The summed E-state index contributed by atoms with van der Waals surface area (Å²) in [5.41, 5.74) is 7.48. The zero-order valence-electron chi connectivity index (χ0n) is 10.7. The molecule has 0 saturated heterocycles. The van der Waals surface area contributed by atoms with Gasteiger partial charge in [-0.1, -0.05) is 0 Å². The first-order valence-electron chi connectivity index (χ1n) is 5.87. The van der Waals surface area contributed by atoms with Gasteiger partial charge in [0, 0.05) is 15.9 Å². The molecule has 2 heterocycles. The maximum Gasteiger partial charge on any atom is 0.272 e. The number of aromatic nitrogens is 2. The quantitative estimate of drug-likeness (QED) is 0.896. The van der Waals surface area contributed by atoms with Crippen molar-refractivity contribution in [3.63, 3.8) is 0 Å². The number of hydrogen-bond donors (Lipinski definition) is 2. The van der Waals surface area contributed by atoms with E-state index in [0.717, 1.165) is 9.35 Å². The van der Waals surface area contributed by atoms with Crippen LogP contribution in [0.3, 0.4) is 0 Å².